The Kier molecular flexibility index (Phi) is 24.0. The molecule has 0 heterocycles. The van der Waals surface area contributed by atoms with Crippen molar-refractivity contribution in [3.63, 3.8) is 0 Å². The van der Waals surface area contributed by atoms with Crippen molar-refractivity contribution >= 4 is 25.1 Å². The van der Waals surface area contributed by atoms with E-state index in [4.69, 9.17) is 14.0 Å². The average molecular weight is 553 g/mol. The van der Waals surface area contributed by atoms with Crippen LogP contribution in [0.2, 0.25) is 0 Å². The van der Waals surface area contributed by atoms with Crippen LogP contribution in [0.1, 0.15) is 137 Å². The minimum absolute atomic E-state index is 0.117. The number of hydrogen-bond donors (Lipinski definition) is 1. The largest absolute Gasteiger partial charge is 0.454 e. The fourth-order valence-electron chi connectivity index (χ4n) is 3.93. The molecule has 1 N–H and O–H groups in total. The van der Waals surface area contributed by atoms with Gasteiger partial charge in [0, 0.05) is 11.9 Å². The maximum Gasteiger partial charge on any atom is 0.435 e. The summed E-state index contributed by atoms with van der Waals surface area (Å²) in [6.45, 7) is 10.0. The summed E-state index contributed by atoms with van der Waals surface area (Å²) in [6.07, 6.45) is 20.0. The third-order valence-corrected chi connectivity index (χ3v) is 8.66. The fourth-order valence-corrected chi connectivity index (χ4v) is 6.09. The molecule has 0 fully saturated rings. The van der Waals surface area contributed by atoms with Gasteiger partial charge in [0.25, 0.3) is 0 Å². The molecule has 0 rings (SSSR count). The smallest absolute Gasteiger partial charge is 0.435 e. The van der Waals surface area contributed by atoms with Gasteiger partial charge >= 0.3 is 13.3 Å². The Bertz CT molecular complexity index is 560. The molecule has 216 valence electrons. The maximum absolute atomic E-state index is 12.0. The zero-order chi connectivity index (χ0) is 27.1. The Morgan fingerprint density at radius 2 is 1.33 bits per heavy atom. The van der Waals surface area contributed by atoms with Crippen molar-refractivity contribution in [3.8, 4) is 0 Å². The van der Waals surface area contributed by atoms with E-state index in [0.717, 1.165) is 6.42 Å². The van der Waals surface area contributed by atoms with Gasteiger partial charge in [0.15, 0.2) is 0 Å². The van der Waals surface area contributed by atoms with Crippen molar-refractivity contribution < 1.29 is 28.3 Å². The molecule has 8 heteroatoms. The van der Waals surface area contributed by atoms with Gasteiger partial charge in [0.1, 0.15) is 0 Å². The van der Waals surface area contributed by atoms with Gasteiger partial charge in [-0.3, -0.25) is 4.52 Å². The summed E-state index contributed by atoms with van der Waals surface area (Å²) in [4.78, 5) is 21.5. The van der Waals surface area contributed by atoms with Crippen molar-refractivity contribution in [2.75, 3.05) is 19.0 Å². The molecule has 3 atom stereocenters. The fraction of sp³-hybridized carbons (Fsp3) is 0.964. The number of hydrogen-bond acceptors (Lipinski definition) is 6. The van der Waals surface area contributed by atoms with Crippen LogP contribution in [-0.2, 0) is 18.6 Å². The van der Waals surface area contributed by atoms with Crippen LogP contribution >= 0.6 is 19.4 Å². The van der Waals surface area contributed by atoms with Crippen molar-refractivity contribution in [3.05, 3.63) is 0 Å². The molecule has 6 nitrogen and oxygen atoms in total. The molecule has 0 spiro atoms. The van der Waals surface area contributed by atoms with E-state index in [1.807, 2.05) is 0 Å². The van der Waals surface area contributed by atoms with Crippen LogP contribution in [0.3, 0.4) is 0 Å². The molecule has 0 bridgehead atoms. The van der Waals surface area contributed by atoms with Gasteiger partial charge in [-0.1, -0.05) is 97.3 Å². The summed E-state index contributed by atoms with van der Waals surface area (Å²) in [6, 6.07) is 0. The van der Waals surface area contributed by atoms with E-state index in [-0.39, 0.29) is 12.7 Å². The number of ether oxygens (including phenoxy) is 2. The lowest BCUT2D eigenvalue weighted by atomic mass is 10.1. The molecular weight excluding hydrogens is 495 g/mol. The van der Waals surface area contributed by atoms with Crippen LogP contribution < -0.4 is 0 Å². The van der Waals surface area contributed by atoms with E-state index < -0.39 is 19.4 Å². The number of thioether (sulfide) groups is 1. The van der Waals surface area contributed by atoms with Gasteiger partial charge in [-0.2, -0.15) is 11.8 Å². The van der Waals surface area contributed by atoms with E-state index in [2.05, 4.69) is 25.6 Å². The topological polar surface area (TPSA) is 82.1 Å². The Labute approximate surface area is 226 Å². The Morgan fingerprint density at radius 1 is 0.806 bits per heavy atom. The third-order valence-electron chi connectivity index (χ3n) is 6.12. The van der Waals surface area contributed by atoms with Crippen LogP contribution in [0.5, 0.6) is 0 Å². The summed E-state index contributed by atoms with van der Waals surface area (Å²) >= 11 is 2.08. The molecule has 0 aromatic heterocycles. The summed E-state index contributed by atoms with van der Waals surface area (Å²) in [7, 11) is -4.45. The number of carbonyl (C=O) groups is 1. The second-order valence-electron chi connectivity index (χ2n) is 10.2. The molecule has 0 aliphatic rings. The van der Waals surface area contributed by atoms with Crippen LogP contribution in [0.4, 0.5) is 4.79 Å². The molecule has 0 aromatic carbocycles. The Balaban J connectivity index is 4.22. The van der Waals surface area contributed by atoms with E-state index >= 15 is 0 Å². The Hall–Kier alpha value is -0.0700. The second kappa shape index (κ2) is 24.0. The third kappa shape index (κ3) is 22.0. The summed E-state index contributed by atoms with van der Waals surface area (Å²) in [5.74, 6) is 1.21. The van der Waals surface area contributed by atoms with Crippen molar-refractivity contribution in [2.45, 2.75) is 155 Å². The average Bonchev–Trinajstić information content (AvgIpc) is 2.83. The number of unbranched alkanes of at least 4 members (excludes halogenated alkanes) is 12. The van der Waals surface area contributed by atoms with Crippen molar-refractivity contribution in [1.29, 1.82) is 0 Å². The number of rotatable bonds is 26. The highest BCUT2D eigenvalue weighted by atomic mass is 32.2. The molecule has 0 saturated heterocycles. The Morgan fingerprint density at radius 3 is 1.89 bits per heavy atom. The minimum Gasteiger partial charge on any atom is -0.454 e. The predicted molar refractivity (Wildman–Crippen MR) is 154 cm³/mol. The zero-order valence-electron chi connectivity index (χ0n) is 24.0. The van der Waals surface area contributed by atoms with Gasteiger partial charge in [-0.05, 0) is 45.8 Å². The van der Waals surface area contributed by atoms with Gasteiger partial charge in [-0.25, -0.2) is 9.36 Å². The first-order valence-corrected chi connectivity index (χ1v) is 17.3. The first-order chi connectivity index (χ1) is 17.2. The van der Waals surface area contributed by atoms with Crippen LogP contribution in [-0.4, -0.2) is 47.0 Å². The summed E-state index contributed by atoms with van der Waals surface area (Å²) in [5, 5.41) is 0.582. The van der Waals surface area contributed by atoms with Gasteiger partial charge in [0.05, 0.1) is 18.8 Å². The molecule has 0 aliphatic carbocycles. The number of carbonyl (C=O) groups excluding carboxylic acids is 1. The normalized spacial score (nSPS) is 15.1. The second-order valence-corrected chi connectivity index (χ2v) is 13.3. The summed E-state index contributed by atoms with van der Waals surface area (Å²) < 4.78 is 27.6. The highest BCUT2D eigenvalue weighted by Gasteiger charge is 2.34. The monoisotopic (exact) mass is 552 g/mol. The highest BCUT2D eigenvalue weighted by Crippen LogP contribution is 2.44. The van der Waals surface area contributed by atoms with Gasteiger partial charge in [0.2, 0.25) is 0 Å². The van der Waals surface area contributed by atoms with Crippen LogP contribution in [0.25, 0.3) is 0 Å². The molecule has 36 heavy (non-hydrogen) atoms. The van der Waals surface area contributed by atoms with E-state index in [0.29, 0.717) is 11.9 Å². The SMILES string of the molecule is CCCCCCCCCCCSC(CCCCCCC)CCOC(C)COP(=O)(O)C(=O)OC(C)C. The highest BCUT2D eigenvalue weighted by molar-refractivity contribution is 7.99. The van der Waals surface area contributed by atoms with E-state index in [1.165, 1.54) is 102 Å². The standard InChI is InChI=1S/C28H57O6PS/c1-6-8-10-12-13-14-15-17-19-23-36-27(20-18-16-11-9-7-2)21-22-32-26(5)24-33-35(30,31)28(29)34-25(3)4/h25-27H,6-24H2,1-5H3,(H,30,31). The van der Waals surface area contributed by atoms with Gasteiger partial charge < -0.3 is 14.4 Å². The molecule has 0 aromatic rings. The van der Waals surface area contributed by atoms with Crippen LogP contribution in [0.15, 0.2) is 0 Å². The maximum atomic E-state index is 12.0. The molecule has 0 amide bonds. The van der Waals surface area contributed by atoms with Crippen molar-refractivity contribution in [1.82, 2.24) is 0 Å². The lowest BCUT2D eigenvalue weighted by Crippen LogP contribution is -2.20. The predicted octanol–water partition coefficient (Wildman–Crippen LogP) is 9.52. The van der Waals surface area contributed by atoms with E-state index in [1.54, 1.807) is 20.8 Å². The lowest BCUT2D eigenvalue weighted by molar-refractivity contribution is 0.0270. The quantitative estimate of drug-likeness (QED) is 0.0845. The van der Waals surface area contributed by atoms with Gasteiger partial charge in [-0.15, -0.1) is 0 Å². The zero-order valence-corrected chi connectivity index (χ0v) is 25.7. The van der Waals surface area contributed by atoms with Crippen LogP contribution in [0, 0.1) is 0 Å². The summed E-state index contributed by atoms with van der Waals surface area (Å²) in [5.41, 5.74) is -1.21. The van der Waals surface area contributed by atoms with E-state index in [9.17, 15) is 14.3 Å². The first-order valence-electron chi connectivity index (χ1n) is 14.6. The lowest BCUT2D eigenvalue weighted by Gasteiger charge is -2.20. The molecule has 0 aliphatic heterocycles. The minimum atomic E-state index is -4.45. The molecular formula is C28H57O6PS. The molecule has 0 radical (unpaired) electrons. The molecule has 0 saturated carbocycles. The first kappa shape index (κ1) is 35.9. The van der Waals surface area contributed by atoms with Crippen molar-refractivity contribution in [2.24, 2.45) is 0 Å². The molecule has 3 unspecified atom stereocenters.